The Kier molecular flexibility index (Phi) is 6.97. The van der Waals surface area contributed by atoms with Gasteiger partial charge in [0.25, 0.3) is 5.91 Å². The molecule has 1 fully saturated rings. The van der Waals surface area contributed by atoms with Gasteiger partial charge in [0.05, 0.1) is 19.8 Å². The van der Waals surface area contributed by atoms with E-state index in [1.165, 1.54) is 5.56 Å². The highest BCUT2D eigenvalue weighted by molar-refractivity contribution is 7.98. The monoisotopic (exact) mass is 471 g/mol. The molecule has 0 bridgehead atoms. The quantitative estimate of drug-likeness (QED) is 0.377. The molecule has 0 atom stereocenters. The van der Waals surface area contributed by atoms with E-state index in [-0.39, 0.29) is 5.91 Å². The first-order valence-corrected chi connectivity index (χ1v) is 12.2. The smallest absolute Gasteiger partial charge is 0.254 e. The van der Waals surface area contributed by atoms with Crippen LogP contribution >= 0.6 is 11.8 Å². The zero-order valence-corrected chi connectivity index (χ0v) is 19.5. The van der Waals surface area contributed by atoms with E-state index in [9.17, 15) is 4.79 Å². The molecule has 1 saturated heterocycles. The number of hydrogen-bond donors (Lipinski definition) is 0. The molecule has 2 aromatic heterocycles. The molecule has 1 amide bonds. The molecule has 0 radical (unpaired) electrons. The summed E-state index contributed by atoms with van der Waals surface area (Å²) in [6.45, 7) is 3.18. The van der Waals surface area contributed by atoms with E-state index in [1.54, 1.807) is 24.2 Å². The minimum absolute atomic E-state index is 0.0621. The second-order valence-electron chi connectivity index (χ2n) is 8.00. The Balaban J connectivity index is 1.32. The van der Waals surface area contributed by atoms with Gasteiger partial charge in [-0.25, -0.2) is 0 Å². The number of rotatable bonds is 7. The van der Waals surface area contributed by atoms with Crippen LogP contribution in [0.5, 0.6) is 0 Å². The van der Waals surface area contributed by atoms with Gasteiger partial charge >= 0.3 is 0 Å². The molecule has 3 heterocycles. The predicted octanol–water partition coefficient (Wildman–Crippen LogP) is 4.15. The molecule has 0 unspecified atom stereocenters. The van der Waals surface area contributed by atoms with Crippen molar-refractivity contribution in [1.82, 2.24) is 24.6 Å². The molecule has 0 N–H and O–H groups in total. The van der Waals surface area contributed by atoms with Gasteiger partial charge < -0.3 is 9.64 Å². The predicted molar refractivity (Wildman–Crippen MR) is 132 cm³/mol. The third kappa shape index (κ3) is 5.18. The summed E-state index contributed by atoms with van der Waals surface area (Å²) in [5.41, 5.74) is 4.01. The number of hydrogen-bond acceptors (Lipinski definition) is 6. The summed E-state index contributed by atoms with van der Waals surface area (Å²) in [4.78, 5) is 18.7. The lowest BCUT2D eigenvalue weighted by Gasteiger charge is -2.26. The first kappa shape index (κ1) is 22.3. The van der Waals surface area contributed by atoms with Crippen molar-refractivity contribution in [2.45, 2.75) is 17.5 Å². The van der Waals surface area contributed by atoms with Gasteiger partial charge in [-0.2, -0.15) is 0 Å². The summed E-state index contributed by atoms with van der Waals surface area (Å²) in [6, 6.07) is 22.1. The van der Waals surface area contributed by atoms with E-state index < -0.39 is 0 Å². The van der Waals surface area contributed by atoms with E-state index in [4.69, 9.17) is 4.74 Å². The Labute approximate surface area is 202 Å². The third-order valence-corrected chi connectivity index (χ3v) is 6.74. The van der Waals surface area contributed by atoms with Crippen LogP contribution in [0.2, 0.25) is 0 Å². The van der Waals surface area contributed by atoms with E-state index in [0.717, 1.165) is 27.9 Å². The molecule has 34 heavy (non-hydrogen) atoms. The summed E-state index contributed by atoms with van der Waals surface area (Å²) in [7, 11) is 0. The Morgan fingerprint density at radius 3 is 2.35 bits per heavy atom. The lowest BCUT2D eigenvalue weighted by molar-refractivity contribution is 0.0303. The summed E-state index contributed by atoms with van der Waals surface area (Å²) >= 11 is 1.64. The fraction of sp³-hybridized carbons (Fsp3) is 0.231. The summed E-state index contributed by atoms with van der Waals surface area (Å²) in [6.07, 6.45) is 3.53. The van der Waals surface area contributed by atoms with Crippen molar-refractivity contribution < 1.29 is 9.53 Å². The van der Waals surface area contributed by atoms with Crippen LogP contribution in [0.15, 0.2) is 84.3 Å². The molecule has 1 aliphatic rings. The molecule has 0 aliphatic carbocycles. The average Bonchev–Trinajstić information content (AvgIpc) is 3.31. The van der Waals surface area contributed by atoms with Crippen molar-refractivity contribution in [3.05, 3.63) is 95.8 Å². The van der Waals surface area contributed by atoms with Crippen molar-refractivity contribution in [3.63, 3.8) is 0 Å². The number of ether oxygens (including phenoxy) is 1. The maximum atomic E-state index is 12.7. The zero-order chi connectivity index (χ0) is 23.2. The van der Waals surface area contributed by atoms with Gasteiger partial charge in [0, 0.05) is 42.4 Å². The van der Waals surface area contributed by atoms with Crippen LogP contribution < -0.4 is 0 Å². The van der Waals surface area contributed by atoms with Gasteiger partial charge in [0.1, 0.15) is 0 Å². The highest BCUT2D eigenvalue weighted by Crippen LogP contribution is 2.27. The van der Waals surface area contributed by atoms with E-state index in [2.05, 4.69) is 31.9 Å². The number of aromatic nitrogens is 4. The number of thioether (sulfide) groups is 1. The maximum absolute atomic E-state index is 12.7. The van der Waals surface area contributed by atoms with E-state index in [1.807, 2.05) is 59.5 Å². The Morgan fingerprint density at radius 2 is 1.62 bits per heavy atom. The Bertz CT molecular complexity index is 1220. The number of amides is 1. The molecule has 5 rings (SSSR count). The first-order valence-electron chi connectivity index (χ1n) is 11.2. The number of morpholine rings is 1. The van der Waals surface area contributed by atoms with Crippen LogP contribution in [0, 0.1) is 0 Å². The number of carbonyl (C=O) groups excluding carboxylic acids is 1. The molecule has 1 aliphatic heterocycles. The molecular formula is C26H25N5O2S. The molecular weight excluding hydrogens is 446 g/mol. The van der Waals surface area contributed by atoms with E-state index in [0.29, 0.717) is 38.4 Å². The van der Waals surface area contributed by atoms with Crippen LogP contribution in [0.3, 0.4) is 0 Å². The molecule has 0 spiro atoms. The molecule has 2 aromatic carbocycles. The summed E-state index contributed by atoms with van der Waals surface area (Å²) < 4.78 is 7.49. The van der Waals surface area contributed by atoms with Crippen LogP contribution in [0.25, 0.3) is 11.4 Å². The number of nitrogens with zero attached hydrogens (tertiary/aromatic N) is 5. The maximum Gasteiger partial charge on any atom is 0.254 e. The molecule has 172 valence electrons. The second kappa shape index (κ2) is 10.6. The van der Waals surface area contributed by atoms with Crippen molar-refractivity contribution in [1.29, 1.82) is 0 Å². The number of benzene rings is 2. The fourth-order valence-electron chi connectivity index (χ4n) is 3.86. The lowest BCUT2D eigenvalue weighted by Crippen LogP contribution is -2.40. The average molecular weight is 472 g/mol. The van der Waals surface area contributed by atoms with Crippen molar-refractivity contribution in [2.24, 2.45) is 0 Å². The van der Waals surface area contributed by atoms with Crippen LogP contribution in [0.4, 0.5) is 0 Å². The molecule has 4 aromatic rings. The number of carbonyl (C=O) groups is 1. The highest BCUT2D eigenvalue weighted by Gasteiger charge is 2.19. The van der Waals surface area contributed by atoms with Crippen LogP contribution in [0.1, 0.15) is 21.5 Å². The highest BCUT2D eigenvalue weighted by atomic mass is 32.2. The fourth-order valence-corrected chi connectivity index (χ4v) is 4.75. The second-order valence-corrected chi connectivity index (χ2v) is 8.95. The van der Waals surface area contributed by atoms with Gasteiger partial charge in [0.15, 0.2) is 11.0 Å². The molecule has 7 nitrogen and oxygen atoms in total. The third-order valence-electron chi connectivity index (χ3n) is 5.71. The van der Waals surface area contributed by atoms with Gasteiger partial charge in [-0.15, -0.1) is 10.2 Å². The van der Waals surface area contributed by atoms with Crippen molar-refractivity contribution in [2.75, 3.05) is 26.3 Å². The van der Waals surface area contributed by atoms with Gasteiger partial charge in [-0.3, -0.25) is 14.3 Å². The number of pyridine rings is 1. The standard InChI is InChI=1S/C26H25N5O2S/c32-25(30-14-16-33-17-15-30)23-8-6-21(7-9-23)19-34-26-29-28-24(22-10-12-27-13-11-22)31(26)18-20-4-2-1-3-5-20/h1-13H,14-19H2. The molecule has 8 heteroatoms. The normalized spacial score (nSPS) is 13.7. The topological polar surface area (TPSA) is 73.1 Å². The first-order chi connectivity index (χ1) is 16.8. The largest absolute Gasteiger partial charge is 0.378 e. The lowest BCUT2D eigenvalue weighted by atomic mass is 10.1. The molecule has 0 saturated carbocycles. The van der Waals surface area contributed by atoms with Crippen molar-refractivity contribution >= 4 is 17.7 Å². The zero-order valence-electron chi connectivity index (χ0n) is 18.7. The van der Waals surface area contributed by atoms with Crippen molar-refractivity contribution in [3.8, 4) is 11.4 Å². The van der Waals surface area contributed by atoms with Crippen LogP contribution in [-0.2, 0) is 17.0 Å². The van der Waals surface area contributed by atoms with Crippen LogP contribution in [-0.4, -0.2) is 56.9 Å². The Morgan fingerprint density at radius 1 is 0.882 bits per heavy atom. The van der Waals surface area contributed by atoms with Gasteiger partial charge in [-0.05, 0) is 35.4 Å². The van der Waals surface area contributed by atoms with Gasteiger partial charge in [0.2, 0.25) is 0 Å². The Hall–Kier alpha value is -3.49. The summed E-state index contributed by atoms with van der Waals surface area (Å²) in [5, 5.41) is 9.83. The minimum Gasteiger partial charge on any atom is -0.378 e. The van der Waals surface area contributed by atoms with E-state index >= 15 is 0 Å². The van der Waals surface area contributed by atoms with Gasteiger partial charge in [-0.1, -0.05) is 54.2 Å². The minimum atomic E-state index is 0.0621. The SMILES string of the molecule is O=C(c1ccc(CSc2nnc(-c3ccncc3)n2Cc2ccccc2)cc1)N1CCOCC1. The summed E-state index contributed by atoms with van der Waals surface area (Å²) in [5.74, 6) is 1.61.